The number of aliphatic hydroxyl groups is 4. The van der Waals surface area contributed by atoms with E-state index >= 15 is 0 Å². The summed E-state index contributed by atoms with van der Waals surface area (Å²) in [5.74, 6) is 1.30. The van der Waals surface area contributed by atoms with Crippen LogP contribution in [-0.2, 0) is 35.3 Å². The zero-order chi connectivity index (χ0) is 46.8. The normalized spacial score (nSPS) is 24.4. The van der Waals surface area contributed by atoms with Gasteiger partial charge in [-0.25, -0.2) is 0 Å². The van der Waals surface area contributed by atoms with Crippen molar-refractivity contribution in [2.75, 3.05) is 19.8 Å². The van der Waals surface area contributed by atoms with Gasteiger partial charge < -0.3 is 48.7 Å². The Kier molecular flexibility index (Phi) is 11.6. The fraction of sp³-hybridized carbons (Fsp3) is 0.265. The minimum Gasteiger partial charge on any atom is -0.491 e. The third kappa shape index (κ3) is 8.22. The van der Waals surface area contributed by atoms with Crippen LogP contribution in [0.5, 0.6) is 17.2 Å². The van der Waals surface area contributed by atoms with Crippen LogP contribution in [0.15, 0.2) is 131 Å². The summed E-state index contributed by atoms with van der Waals surface area (Å²) in [7, 11) is -9.20. The summed E-state index contributed by atoms with van der Waals surface area (Å²) in [4.78, 5) is -0.646. The Morgan fingerprint density at radius 1 is 0.672 bits per heavy atom. The van der Waals surface area contributed by atoms with Gasteiger partial charge in [-0.2, -0.15) is 16.8 Å². The minimum atomic E-state index is -4.69. The molecule has 3 aliphatic rings. The Labute approximate surface area is 384 Å². The van der Waals surface area contributed by atoms with Gasteiger partial charge in [-0.3, -0.25) is 9.11 Å². The van der Waals surface area contributed by atoms with Gasteiger partial charge in [0.25, 0.3) is 20.2 Å². The molecule has 348 valence electrons. The third-order valence-electron chi connectivity index (χ3n) is 12.7. The SMILES string of the molecule is O=S(=O)(O)c1ccc(-n2c3ccccc3c3c4cc(S(=O)(=O)O)ccc4c4c(c32)C=CC(c2ccc(OCC3CCCCO3)cc2)(c2ccc(OCC3OC(O)C(O)C(O)C3O)cc2)O4)cc1. The largest absolute Gasteiger partial charge is 0.491 e. The molecular weight excluding hydrogens is 907 g/mol. The van der Waals surface area contributed by atoms with Crippen LogP contribution in [0, 0.1) is 0 Å². The first-order valence-corrected chi connectivity index (χ1v) is 24.4. The summed E-state index contributed by atoms with van der Waals surface area (Å²) in [6.45, 7) is 0.803. The molecule has 1 aromatic heterocycles. The van der Waals surface area contributed by atoms with Crippen LogP contribution in [0.1, 0.15) is 36.0 Å². The van der Waals surface area contributed by atoms with E-state index in [1.165, 1.54) is 24.3 Å². The van der Waals surface area contributed by atoms with Gasteiger partial charge in [0.2, 0.25) is 0 Å². The van der Waals surface area contributed by atoms with Crippen molar-refractivity contribution < 1.29 is 70.1 Å². The van der Waals surface area contributed by atoms with Crippen LogP contribution < -0.4 is 14.2 Å². The molecule has 7 aromatic rings. The van der Waals surface area contributed by atoms with E-state index in [1.54, 1.807) is 42.5 Å². The Morgan fingerprint density at radius 3 is 1.96 bits per heavy atom. The summed E-state index contributed by atoms with van der Waals surface area (Å²) in [6, 6.07) is 31.8. The van der Waals surface area contributed by atoms with Crippen LogP contribution in [0.4, 0.5) is 0 Å². The number of aliphatic hydroxyl groups excluding tert-OH is 4. The van der Waals surface area contributed by atoms with Crippen LogP contribution in [-0.4, -0.2) is 108 Å². The molecule has 2 saturated heterocycles. The topological polar surface area (TPSA) is 241 Å². The molecule has 6 aromatic carbocycles. The Balaban J connectivity index is 1.13. The molecule has 0 saturated carbocycles. The molecule has 4 heterocycles. The van der Waals surface area contributed by atoms with Crippen LogP contribution >= 0.6 is 0 Å². The Morgan fingerprint density at radius 2 is 1.31 bits per heavy atom. The molecule has 18 heteroatoms. The molecule has 16 nitrogen and oxygen atoms in total. The highest BCUT2D eigenvalue weighted by Gasteiger charge is 2.44. The third-order valence-corrected chi connectivity index (χ3v) is 14.4. The molecule has 0 radical (unpaired) electrons. The van der Waals surface area contributed by atoms with Gasteiger partial charge in [-0.1, -0.05) is 42.5 Å². The summed E-state index contributed by atoms with van der Waals surface area (Å²) < 4.78 is 102. The quantitative estimate of drug-likeness (QED) is 0.0827. The van der Waals surface area contributed by atoms with Gasteiger partial charge in [0.15, 0.2) is 11.9 Å². The van der Waals surface area contributed by atoms with Gasteiger partial charge in [0, 0.05) is 45.1 Å². The summed E-state index contributed by atoms with van der Waals surface area (Å²) in [5.41, 5.74) is 2.30. The Hall–Kier alpha value is -5.90. The minimum absolute atomic E-state index is 0.0148. The van der Waals surface area contributed by atoms with Gasteiger partial charge in [-0.05, 0) is 110 Å². The molecule has 6 N–H and O–H groups in total. The summed E-state index contributed by atoms with van der Waals surface area (Å²) in [6.07, 6.45) is -0.974. The van der Waals surface area contributed by atoms with E-state index in [4.69, 9.17) is 23.7 Å². The highest BCUT2D eigenvalue weighted by molar-refractivity contribution is 7.86. The molecule has 0 bridgehead atoms. The van der Waals surface area contributed by atoms with Crippen molar-refractivity contribution in [2.45, 2.75) is 71.5 Å². The maximum atomic E-state index is 12.7. The standard InChI is InChI=1S/C49H45NO15S2/c51-44-41(64-48(54)46(53)45(44)52)27-63-32-16-10-29(11-17-32)49(28-8-14-31(15-9-28)62-26-33-5-3-4-24-61-33)23-22-38-43-42(39-25-35(67(58,59)60)20-21-36(39)47(38)65-49)37-6-1-2-7-40(37)50(43)30-12-18-34(19-13-30)66(55,56)57/h1-2,6-23,25,33,41,44-46,48,51-54H,3-5,24,26-27H2,(H,55,56,57)(H,58,59,60). The maximum Gasteiger partial charge on any atom is 0.294 e. The van der Waals surface area contributed by atoms with Crippen LogP contribution in [0.25, 0.3) is 44.3 Å². The lowest BCUT2D eigenvalue weighted by Crippen LogP contribution is -2.58. The number of hydrogen-bond donors (Lipinski definition) is 6. The number of rotatable bonds is 11. The van der Waals surface area contributed by atoms with Crippen molar-refractivity contribution >= 4 is 58.9 Å². The predicted octanol–water partition coefficient (Wildman–Crippen LogP) is 5.91. The molecule has 10 rings (SSSR count). The van der Waals surface area contributed by atoms with E-state index in [9.17, 15) is 46.4 Å². The molecule has 3 aliphatic heterocycles. The van der Waals surface area contributed by atoms with Gasteiger partial charge in [0.1, 0.15) is 54.9 Å². The molecule has 2 fully saturated rings. The van der Waals surface area contributed by atoms with Crippen molar-refractivity contribution in [2.24, 2.45) is 0 Å². The molecule has 7 atom stereocenters. The number of aromatic nitrogens is 1. The van der Waals surface area contributed by atoms with Crippen molar-refractivity contribution in [3.63, 3.8) is 0 Å². The van der Waals surface area contributed by atoms with Crippen molar-refractivity contribution in [3.05, 3.63) is 138 Å². The fourth-order valence-electron chi connectivity index (χ4n) is 9.25. The van der Waals surface area contributed by atoms with E-state index in [1.807, 2.05) is 65.3 Å². The molecular formula is C49H45NO15S2. The zero-order valence-electron chi connectivity index (χ0n) is 35.5. The van der Waals surface area contributed by atoms with Crippen LogP contribution in [0.3, 0.4) is 0 Å². The monoisotopic (exact) mass is 951 g/mol. The fourth-order valence-corrected chi connectivity index (χ4v) is 10.2. The van der Waals surface area contributed by atoms with E-state index in [0.717, 1.165) is 24.6 Å². The van der Waals surface area contributed by atoms with Crippen molar-refractivity contribution in [1.82, 2.24) is 4.57 Å². The highest BCUT2D eigenvalue weighted by atomic mass is 32.2. The molecule has 67 heavy (non-hydrogen) atoms. The number of fused-ring (bicyclic) bond motifs is 8. The lowest BCUT2D eigenvalue weighted by Gasteiger charge is -2.38. The van der Waals surface area contributed by atoms with Crippen molar-refractivity contribution in [1.29, 1.82) is 0 Å². The lowest BCUT2D eigenvalue weighted by atomic mass is 9.82. The Bertz CT molecular complexity index is 3260. The number of para-hydroxylation sites is 1. The maximum absolute atomic E-state index is 12.7. The van der Waals surface area contributed by atoms with Gasteiger partial charge in [0.05, 0.1) is 26.9 Å². The highest BCUT2D eigenvalue weighted by Crippen LogP contribution is 2.51. The van der Waals surface area contributed by atoms with E-state index in [2.05, 4.69) is 0 Å². The average Bonchev–Trinajstić information content (AvgIpc) is 3.69. The first-order valence-electron chi connectivity index (χ1n) is 21.5. The second kappa shape index (κ2) is 17.3. The van der Waals surface area contributed by atoms with Gasteiger partial charge >= 0.3 is 0 Å². The first-order chi connectivity index (χ1) is 32.1. The molecule has 0 aliphatic carbocycles. The smallest absolute Gasteiger partial charge is 0.294 e. The molecule has 0 amide bonds. The lowest BCUT2D eigenvalue weighted by molar-refractivity contribution is -0.285. The van der Waals surface area contributed by atoms with Crippen LogP contribution in [0.2, 0.25) is 0 Å². The van der Waals surface area contributed by atoms with Crippen molar-refractivity contribution in [3.8, 4) is 22.9 Å². The first kappa shape index (κ1) is 44.9. The number of hydrogen-bond acceptors (Lipinski definition) is 13. The van der Waals surface area contributed by atoms with E-state index in [-0.39, 0.29) is 22.5 Å². The number of ether oxygens (including phenoxy) is 5. The van der Waals surface area contributed by atoms with E-state index < -0.39 is 56.5 Å². The molecule has 7 unspecified atom stereocenters. The number of benzene rings is 6. The van der Waals surface area contributed by atoms with Gasteiger partial charge in [-0.15, -0.1) is 0 Å². The number of nitrogens with zero attached hydrogens (tertiary/aromatic N) is 1. The predicted molar refractivity (Wildman–Crippen MR) is 245 cm³/mol. The second-order valence-electron chi connectivity index (χ2n) is 16.8. The average molecular weight is 952 g/mol. The summed E-state index contributed by atoms with van der Waals surface area (Å²) in [5, 5.41) is 43.0. The molecule has 0 spiro atoms. The second-order valence-corrected chi connectivity index (χ2v) is 19.7. The summed E-state index contributed by atoms with van der Waals surface area (Å²) >= 11 is 0. The zero-order valence-corrected chi connectivity index (χ0v) is 37.1. The van der Waals surface area contributed by atoms with E-state index in [0.29, 0.717) is 80.0 Å².